The van der Waals surface area contributed by atoms with Crippen molar-refractivity contribution in [2.45, 2.75) is 70.2 Å². The number of fused-ring (bicyclic) bond motifs is 2. The minimum absolute atomic E-state index is 0.0268. The van der Waals surface area contributed by atoms with Crippen LogP contribution in [0.5, 0.6) is 5.88 Å². The summed E-state index contributed by atoms with van der Waals surface area (Å²) in [5.41, 5.74) is -0.472. The molecule has 0 spiro atoms. The zero-order chi connectivity index (χ0) is 16.6. The van der Waals surface area contributed by atoms with Crippen LogP contribution < -0.4 is 4.74 Å². The monoisotopic (exact) mass is 339 g/mol. The smallest absolute Gasteiger partial charge is 0.410 e. The number of carbonyl (C=O) groups excluding carboxylic acids is 1. The maximum atomic E-state index is 12.4. The van der Waals surface area contributed by atoms with Gasteiger partial charge in [-0.1, -0.05) is 11.6 Å². The third kappa shape index (κ3) is 3.86. The second-order valence-corrected chi connectivity index (χ2v) is 7.55. The summed E-state index contributed by atoms with van der Waals surface area (Å²) in [6.45, 7) is 5.67. The quantitative estimate of drug-likeness (QED) is 0.825. The van der Waals surface area contributed by atoms with E-state index in [2.05, 4.69) is 9.97 Å². The van der Waals surface area contributed by atoms with E-state index in [9.17, 15) is 4.79 Å². The maximum absolute atomic E-state index is 12.4. The molecule has 2 unspecified atom stereocenters. The topological polar surface area (TPSA) is 64.5 Å². The van der Waals surface area contributed by atoms with Gasteiger partial charge in [0.25, 0.3) is 0 Å². The molecule has 126 valence electrons. The minimum atomic E-state index is -0.472. The predicted octanol–water partition coefficient (Wildman–Crippen LogP) is 3.44. The molecule has 0 radical (unpaired) electrons. The van der Waals surface area contributed by atoms with Crippen LogP contribution >= 0.6 is 11.6 Å². The second kappa shape index (κ2) is 6.15. The number of ether oxygens (including phenoxy) is 2. The largest absolute Gasteiger partial charge is 0.473 e. The molecule has 2 fully saturated rings. The van der Waals surface area contributed by atoms with E-state index < -0.39 is 5.60 Å². The molecule has 2 bridgehead atoms. The summed E-state index contributed by atoms with van der Waals surface area (Å²) >= 11 is 5.84. The van der Waals surface area contributed by atoms with Gasteiger partial charge in [0.2, 0.25) is 5.88 Å². The maximum Gasteiger partial charge on any atom is 0.410 e. The number of hydrogen-bond acceptors (Lipinski definition) is 5. The minimum Gasteiger partial charge on any atom is -0.473 e. The molecule has 2 aliphatic rings. The van der Waals surface area contributed by atoms with Gasteiger partial charge in [0.05, 0.1) is 12.4 Å². The summed E-state index contributed by atoms with van der Waals surface area (Å²) in [7, 11) is 0. The van der Waals surface area contributed by atoms with E-state index in [4.69, 9.17) is 21.1 Å². The van der Waals surface area contributed by atoms with Crippen LogP contribution in [-0.2, 0) is 4.74 Å². The Bertz CT molecular complexity index is 576. The van der Waals surface area contributed by atoms with Gasteiger partial charge in [-0.05, 0) is 33.6 Å². The van der Waals surface area contributed by atoms with Crippen molar-refractivity contribution in [1.82, 2.24) is 14.9 Å². The zero-order valence-electron chi connectivity index (χ0n) is 13.7. The number of nitrogens with zero attached hydrogens (tertiary/aromatic N) is 3. The molecule has 1 aromatic heterocycles. The summed E-state index contributed by atoms with van der Waals surface area (Å²) in [6, 6.07) is 0.335. The normalized spacial score (nSPS) is 27.0. The van der Waals surface area contributed by atoms with E-state index in [0.29, 0.717) is 11.0 Å². The van der Waals surface area contributed by atoms with Crippen LogP contribution in [0.25, 0.3) is 0 Å². The van der Waals surface area contributed by atoms with Crippen molar-refractivity contribution in [2.24, 2.45) is 0 Å². The summed E-state index contributed by atoms with van der Waals surface area (Å²) in [6.07, 6.45) is 6.39. The number of amides is 1. The Kier molecular flexibility index (Phi) is 4.36. The first kappa shape index (κ1) is 16.3. The fraction of sp³-hybridized carbons (Fsp3) is 0.688. The fourth-order valence-corrected chi connectivity index (χ4v) is 3.53. The molecule has 0 saturated carbocycles. The molecule has 2 saturated heterocycles. The average molecular weight is 340 g/mol. The van der Waals surface area contributed by atoms with Crippen LogP contribution in [0.2, 0.25) is 5.15 Å². The van der Waals surface area contributed by atoms with Gasteiger partial charge in [0.15, 0.2) is 5.15 Å². The Morgan fingerprint density at radius 2 is 1.91 bits per heavy atom. The molecule has 23 heavy (non-hydrogen) atoms. The standard InChI is InChI=1S/C16H22ClN3O3/c1-16(2,3)23-15(21)20-10-4-5-11(20)7-12(6-10)22-14-9-18-8-13(17)19-14/h8-12H,4-7H2,1-3H3. The molecule has 3 rings (SSSR count). The van der Waals surface area contributed by atoms with E-state index in [1.165, 1.54) is 6.20 Å². The van der Waals surface area contributed by atoms with Gasteiger partial charge in [-0.15, -0.1) is 0 Å². The second-order valence-electron chi connectivity index (χ2n) is 7.16. The fourth-order valence-electron chi connectivity index (χ4n) is 3.39. The third-order valence-corrected chi connectivity index (χ3v) is 4.35. The highest BCUT2D eigenvalue weighted by Crippen LogP contribution is 2.38. The van der Waals surface area contributed by atoms with Crippen molar-refractivity contribution >= 4 is 17.7 Å². The van der Waals surface area contributed by atoms with Gasteiger partial charge in [0.1, 0.15) is 11.7 Å². The summed E-state index contributed by atoms with van der Waals surface area (Å²) in [5.74, 6) is 0.438. The molecular weight excluding hydrogens is 318 g/mol. The molecule has 0 N–H and O–H groups in total. The zero-order valence-corrected chi connectivity index (χ0v) is 14.4. The Labute approximate surface area is 141 Å². The number of carbonyl (C=O) groups is 1. The first-order chi connectivity index (χ1) is 10.8. The number of aromatic nitrogens is 2. The third-order valence-electron chi connectivity index (χ3n) is 4.16. The Balaban J connectivity index is 1.64. The van der Waals surface area contributed by atoms with E-state index in [0.717, 1.165) is 25.7 Å². The summed E-state index contributed by atoms with van der Waals surface area (Å²) in [5, 5.41) is 0.316. The van der Waals surface area contributed by atoms with Crippen LogP contribution in [-0.4, -0.2) is 44.7 Å². The van der Waals surface area contributed by atoms with Gasteiger partial charge >= 0.3 is 6.09 Å². The Morgan fingerprint density at radius 3 is 2.48 bits per heavy atom. The van der Waals surface area contributed by atoms with Crippen molar-refractivity contribution in [1.29, 1.82) is 0 Å². The molecular formula is C16H22ClN3O3. The highest BCUT2D eigenvalue weighted by atomic mass is 35.5. The molecule has 6 nitrogen and oxygen atoms in total. The number of rotatable bonds is 2. The van der Waals surface area contributed by atoms with Crippen LogP contribution in [0.1, 0.15) is 46.5 Å². The predicted molar refractivity (Wildman–Crippen MR) is 85.6 cm³/mol. The molecule has 1 amide bonds. The number of halogens is 1. The van der Waals surface area contributed by atoms with Gasteiger partial charge < -0.3 is 14.4 Å². The van der Waals surface area contributed by atoms with Gasteiger partial charge in [0, 0.05) is 24.9 Å². The molecule has 0 aliphatic carbocycles. The van der Waals surface area contributed by atoms with Crippen LogP contribution in [0.3, 0.4) is 0 Å². The molecule has 0 aromatic carbocycles. The van der Waals surface area contributed by atoms with Gasteiger partial charge in [-0.2, -0.15) is 4.98 Å². The van der Waals surface area contributed by atoms with E-state index in [1.807, 2.05) is 25.7 Å². The SMILES string of the molecule is CC(C)(C)OC(=O)N1C2CCC1CC(Oc1cncc(Cl)n1)C2. The molecule has 2 atom stereocenters. The van der Waals surface area contributed by atoms with Crippen molar-refractivity contribution in [3.63, 3.8) is 0 Å². The summed E-state index contributed by atoms with van der Waals surface area (Å²) in [4.78, 5) is 22.4. The lowest BCUT2D eigenvalue weighted by Crippen LogP contribution is -2.50. The first-order valence-electron chi connectivity index (χ1n) is 7.97. The highest BCUT2D eigenvalue weighted by molar-refractivity contribution is 6.29. The van der Waals surface area contributed by atoms with Crippen molar-refractivity contribution < 1.29 is 14.3 Å². The number of piperidine rings is 1. The van der Waals surface area contributed by atoms with Crippen LogP contribution in [0.4, 0.5) is 4.79 Å². The van der Waals surface area contributed by atoms with E-state index in [1.54, 1.807) is 6.20 Å². The molecule has 2 aliphatic heterocycles. The number of hydrogen-bond donors (Lipinski definition) is 0. The van der Waals surface area contributed by atoms with Crippen molar-refractivity contribution in [3.8, 4) is 5.88 Å². The van der Waals surface area contributed by atoms with Gasteiger partial charge in [-0.25, -0.2) is 4.79 Å². The van der Waals surface area contributed by atoms with Crippen LogP contribution in [0.15, 0.2) is 12.4 Å². The molecule has 3 heterocycles. The summed E-state index contributed by atoms with van der Waals surface area (Å²) < 4.78 is 11.4. The Morgan fingerprint density at radius 1 is 1.26 bits per heavy atom. The first-order valence-corrected chi connectivity index (χ1v) is 8.35. The lowest BCUT2D eigenvalue weighted by molar-refractivity contribution is -0.00764. The van der Waals surface area contributed by atoms with Crippen LogP contribution in [0, 0.1) is 0 Å². The Hall–Kier alpha value is -1.56. The lowest BCUT2D eigenvalue weighted by Gasteiger charge is -2.39. The lowest BCUT2D eigenvalue weighted by atomic mass is 10.0. The molecule has 1 aromatic rings. The van der Waals surface area contributed by atoms with E-state index >= 15 is 0 Å². The highest BCUT2D eigenvalue weighted by Gasteiger charge is 2.45. The van der Waals surface area contributed by atoms with Crippen molar-refractivity contribution in [2.75, 3.05) is 0 Å². The van der Waals surface area contributed by atoms with Crippen molar-refractivity contribution in [3.05, 3.63) is 17.5 Å². The average Bonchev–Trinajstić information content (AvgIpc) is 2.69. The molecule has 7 heteroatoms. The van der Waals surface area contributed by atoms with Gasteiger partial charge in [-0.3, -0.25) is 4.98 Å². The van der Waals surface area contributed by atoms with E-state index in [-0.39, 0.29) is 24.3 Å².